The summed E-state index contributed by atoms with van der Waals surface area (Å²) in [6.45, 7) is 12.0. The lowest BCUT2D eigenvalue weighted by Crippen LogP contribution is -2.30. The highest BCUT2D eigenvalue weighted by Gasteiger charge is 2.30. The van der Waals surface area contributed by atoms with E-state index < -0.39 is 5.60 Å². The van der Waals surface area contributed by atoms with Gasteiger partial charge in [0.25, 0.3) is 0 Å². The number of para-hydroxylation sites is 1. The summed E-state index contributed by atoms with van der Waals surface area (Å²) in [6, 6.07) is 7.96. The zero-order valence-corrected chi connectivity index (χ0v) is 15.6. The predicted molar refractivity (Wildman–Crippen MR) is 95.0 cm³/mol. The van der Waals surface area contributed by atoms with Gasteiger partial charge in [0, 0.05) is 20.1 Å². The van der Waals surface area contributed by atoms with Crippen molar-refractivity contribution in [2.24, 2.45) is 0 Å². The highest BCUT2D eigenvalue weighted by molar-refractivity contribution is 14.1. The van der Waals surface area contributed by atoms with E-state index in [4.69, 9.17) is 4.74 Å². The molecule has 4 heteroatoms. The molecular formula is C17H22INO2. The molecule has 0 unspecified atom stereocenters. The van der Waals surface area contributed by atoms with Gasteiger partial charge in [-0.05, 0) is 49.4 Å². The van der Waals surface area contributed by atoms with E-state index in [0.29, 0.717) is 0 Å². The third kappa shape index (κ3) is 3.25. The molecule has 0 saturated heterocycles. The standard InChI is InChI=1S/C17H22INO2/c1-16(2,3)14-13(18)11-9-7-8-10-12(11)19(14)15(20)21-17(4,5)6/h7-10H,1-6H3. The van der Waals surface area contributed by atoms with Gasteiger partial charge in [-0.2, -0.15) is 0 Å². The average Bonchev–Trinajstić information content (AvgIpc) is 2.61. The van der Waals surface area contributed by atoms with E-state index in [1.807, 2.05) is 45.0 Å². The van der Waals surface area contributed by atoms with Crippen molar-refractivity contribution < 1.29 is 9.53 Å². The molecule has 0 amide bonds. The fourth-order valence-electron chi connectivity index (χ4n) is 2.36. The monoisotopic (exact) mass is 399 g/mol. The second-order valence-electron chi connectivity index (χ2n) is 7.25. The second kappa shape index (κ2) is 5.30. The van der Waals surface area contributed by atoms with Crippen molar-refractivity contribution in [1.82, 2.24) is 4.57 Å². The summed E-state index contributed by atoms with van der Waals surface area (Å²) in [5.74, 6) is 0. The third-order valence-electron chi connectivity index (χ3n) is 3.10. The van der Waals surface area contributed by atoms with Crippen LogP contribution in [-0.4, -0.2) is 16.3 Å². The van der Waals surface area contributed by atoms with Crippen LogP contribution < -0.4 is 0 Å². The normalized spacial score (nSPS) is 12.7. The zero-order chi connectivity index (χ0) is 16.0. The number of fused-ring (bicyclic) bond motifs is 1. The van der Waals surface area contributed by atoms with Gasteiger partial charge in [0.1, 0.15) is 5.60 Å². The molecule has 0 saturated carbocycles. The summed E-state index contributed by atoms with van der Waals surface area (Å²) in [5, 5.41) is 1.09. The fourth-order valence-corrected chi connectivity index (χ4v) is 3.87. The molecule has 0 aliphatic heterocycles. The number of hydrogen-bond donors (Lipinski definition) is 0. The molecule has 21 heavy (non-hydrogen) atoms. The van der Waals surface area contributed by atoms with Gasteiger partial charge in [0.05, 0.1) is 5.52 Å². The van der Waals surface area contributed by atoms with Gasteiger partial charge in [-0.25, -0.2) is 9.36 Å². The first-order valence-electron chi connectivity index (χ1n) is 7.05. The second-order valence-corrected chi connectivity index (χ2v) is 8.32. The van der Waals surface area contributed by atoms with E-state index in [9.17, 15) is 4.79 Å². The summed E-state index contributed by atoms with van der Waals surface area (Å²) in [4.78, 5) is 12.7. The van der Waals surface area contributed by atoms with Gasteiger partial charge in [0.2, 0.25) is 0 Å². The molecule has 114 valence electrons. The molecule has 0 aliphatic carbocycles. The number of ether oxygens (including phenoxy) is 1. The van der Waals surface area contributed by atoms with Crippen molar-refractivity contribution in [3.05, 3.63) is 33.5 Å². The first-order valence-corrected chi connectivity index (χ1v) is 8.13. The van der Waals surface area contributed by atoms with Crippen molar-refractivity contribution in [2.45, 2.75) is 52.6 Å². The van der Waals surface area contributed by atoms with Crippen LogP contribution in [0.3, 0.4) is 0 Å². The van der Waals surface area contributed by atoms with Crippen LogP contribution in [0, 0.1) is 3.57 Å². The molecule has 2 aromatic rings. The van der Waals surface area contributed by atoms with Crippen molar-refractivity contribution in [3.8, 4) is 0 Å². The van der Waals surface area contributed by atoms with Crippen LogP contribution in [0.2, 0.25) is 0 Å². The van der Waals surface area contributed by atoms with E-state index >= 15 is 0 Å². The summed E-state index contributed by atoms with van der Waals surface area (Å²) >= 11 is 2.33. The van der Waals surface area contributed by atoms with Crippen LogP contribution in [-0.2, 0) is 10.2 Å². The molecule has 0 bridgehead atoms. The van der Waals surface area contributed by atoms with Crippen LogP contribution in [0.1, 0.15) is 47.2 Å². The van der Waals surface area contributed by atoms with E-state index in [2.05, 4.69) is 43.4 Å². The van der Waals surface area contributed by atoms with Crippen molar-refractivity contribution in [2.75, 3.05) is 0 Å². The lowest BCUT2D eigenvalue weighted by molar-refractivity contribution is 0.0535. The van der Waals surface area contributed by atoms with Crippen molar-refractivity contribution in [1.29, 1.82) is 0 Å². The van der Waals surface area contributed by atoms with Gasteiger partial charge < -0.3 is 4.74 Å². The Morgan fingerprint density at radius 3 is 2.19 bits per heavy atom. The van der Waals surface area contributed by atoms with Crippen LogP contribution in [0.4, 0.5) is 4.79 Å². The molecule has 1 aromatic carbocycles. The van der Waals surface area contributed by atoms with E-state index in [-0.39, 0.29) is 11.5 Å². The Morgan fingerprint density at radius 2 is 1.67 bits per heavy atom. The third-order valence-corrected chi connectivity index (χ3v) is 4.19. The summed E-state index contributed by atoms with van der Waals surface area (Å²) < 4.78 is 8.44. The molecule has 1 heterocycles. The number of carbonyl (C=O) groups is 1. The molecular weight excluding hydrogens is 377 g/mol. The first kappa shape index (κ1) is 16.3. The quantitative estimate of drug-likeness (QED) is 0.561. The van der Waals surface area contributed by atoms with Crippen LogP contribution >= 0.6 is 22.6 Å². The maximum Gasteiger partial charge on any atom is 0.419 e. The maximum absolute atomic E-state index is 12.7. The zero-order valence-electron chi connectivity index (χ0n) is 13.5. The number of benzene rings is 1. The van der Waals surface area contributed by atoms with Gasteiger partial charge >= 0.3 is 6.09 Å². The van der Waals surface area contributed by atoms with Gasteiger partial charge in [-0.1, -0.05) is 39.0 Å². The molecule has 0 N–H and O–H groups in total. The van der Waals surface area contributed by atoms with Gasteiger partial charge in [-0.3, -0.25) is 0 Å². The minimum Gasteiger partial charge on any atom is -0.443 e. The Bertz CT molecular complexity index is 687. The fraction of sp³-hybridized carbons (Fsp3) is 0.471. The highest BCUT2D eigenvalue weighted by atomic mass is 127. The highest BCUT2D eigenvalue weighted by Crippen LogP contribution is 2.35. The van der Waals surface area contributed by atoms with Gasteiger partial charge in [0.15, 0.2) is 0 Å². The van der Waals surface area contributed by atoms with Crippen LogP contribution in [0.25, 0.3) is 10.9 Å². The lowest BCUT2D eigenvalue weighted by atomic mass is 9.92. The number of halogens is 1. The van der Waals surface area contributed by atoms with Crippen molar-refractivity contribution in [3.63, 3.8) is 0 Å². The number of hydrogen-bond acceptors (Lipinski definition) is 2. The minimum atomic E-state index is -0.511. The molecule has 0 atom stereocenters. The smallest absolute Gasteiger partial charge is 0.419 e. The largest absolute Gasteiger partial charge is 0.443 e. The molecule has 0 fully saturated rings. The predicted octanol–water partition coefficient (Wildman–Crippen LogP) is 5.33. The lowest BCUT2D eigenvalue weighted by Gasteiger charge is -2.25. The summed E-state index contributed by atoms with van der Waals surface area (Å²) in [7, 11) is 0. The number of nitrogens with zero attached hydrogens (tertiary/aromatic N) is 1. The Kier molecular flexibility index (Phi) is 4.12. The Balaban J connectivity index is 2.74. The SMILES string of the molecule is CC(C)(C)OC(=O)n1c(C(C)(C)C)c(I)c2ccccc21. The van der Waals surface area contributed by atoms with Gasteiger partial charge in [-0.15, -0.1) is 0 Å². The molecule has 1 aromatic heterocycles. The molecule has 2 rings (SSSR count). The number of aromatic nitrogens is 1. The van der Waals surface area contributed by atoms with E-state index in [1.54, 1.807) is 4.57 Å². The first-order chi connectivity index (χ1) is 9.52. The molecule has 0 spiro atoms. The Labute approximate surface area is 139 Å². The van der Waals surface area contributed by atoms with E-state index in [1.165, 1.54) is 0 Å². The molecule has 0 aliphatic rings. The van der Waals surface area contributed by atoms with Crippen LogP contribution in [0.5, 0.6) is 0 Å². The number of carbonyl (C=O) groups excluding carboxylic acids is 1. The molecule has 3 nitrogen and oxygen atoms in total. The maximum atomic E-state index is 12.7. The number of rotatable bonds is 0. The minimum absolute atomic E-state index is 0.146. The van der Waals surface area contributed by atoms with E-state index in [0.717, 1.165) is 20.2 Å². The van der Waals surface area contributed by atoms with Crippen molar-refractivity contribution >= 4 is 39.6 Å². The summed E-state index contributed by atoms with van der Waals surface area (Å²) in [6.07, 6.45) is -0.313. The summed E-state index contributed by atoms with van der Waals surface area (Å²) in [5.41, 5.74) is 1.25. The average molecular weight is 399 g/mol. The molecule has 0 radical (unpaired) electrons. The Hall–Kier alpha value is -1.04. The van der Waals surface area contributed by atoms with Crippen LogP contribution in [0.15, 0.2) is 24.3 Å². The Morgan fingerprint density at radius 1 is 1.10 bits per heavy atom. The topological polar surface area (TPSA) is 31.2 Å².